The van der Waals surface area contributed by atoms with Crippen LogP contribution >= 0.6 is 0 Å². The fourth-order valence-corrected chi connectivity index (χ4v) is 6.95. The number of carbonyl (C=O) groups excluding carboxylic acids is 1. The molecule has 5 rings (SSSR count). The van der Waals surface area contributed by atoms with E-state index in [4.69, 9.17) is 4.98 Å². The van der Waals surface area contributed by atoms with Crippen LogP contribution < -0.4 is 5.32 Å². The summed E-state index contributed by atoms with van der Waals surface area (Å²) in [5, 5.41) is 8.50. The maximum atomic E-state index is 13.6. The summed E-state index contributed by atoms with van der Waals surface area (Å²) in [5.74, 6) is -0.0171. The Hall–Kier alpha value is -2.81. The molecule has 7 nitrogen and oxygen atoms in total. The van der Waals surface area contributed by atoms with Crippen LogP contribution in [0.1, 0.15) is 61.1 Å². The van der Waals surface area contributed by atoms with Crippen molar-refractivity contribution in [2.75, 3.05) is 11.5 Å². The van der Waals surface area contributed by atoms with E-state index in [9.17, 15) is 17.6 Å². The van der Waals surface area contributed by atoms with Gasteiger partial charge in [-0.25, -0.2) is 22.5 Å². The predicted octanol–water partition coefficient (Wildman–Crippen LogP) is 4.21. The number of hydrogen-bond acceptors (Lipinski definition) is 5. The van der Waals surface area contributed by atoms with E-state index in [1.54, 1.807) is 22.9 Å². The van der Waals surface area contributed by atoms with E-state index < -0.39 is 9.84 Å². The molecule has 1 saturated heterocycles. The zero-order valence-corrected chi connectivity index (χ0v) is 20.2. The van der Waals surface area contributed by atoms with E-state index >= 15 is 0 Å². The number of rotatable bonds is 4. The van der Waals surface area contributed by atoms with Gasteiger partial charge >= 0.3 is 0 Å². The molecule has 3 atom stereocenters. The van der Waals surface area contributed by atoms with Gasteiger partial charge in [-0.05, 0) is 62.4 Å². The average molecular weight is 485 g/mol. The Bertz CT molecular complexity index is 1350. The molecule has 2 aliphatic rings. The van der Waals surface area contributed by atoms with Crippen LogP contribution in [0.3, 0.4) is 0 Å². The third kappa shape index (κ3) is 4.33. The van der Waals surface area contributed by atoms with Crippen LogP contribution in [-0.2, 0) is 9.84 Å². The minimum atomic E-state index is -3.13. The average Bonchev–Trinajstić information content (AvgIpc) is 3.34. The Kier molecular flexibility index (Phi) is 5.91. The summed E-state index contributed by atoms with van der Waals surface area (Å²) in [5.41, 5.74) is 2.79. The molecule has 9 heteroatoms. The van der Waals surface area contributed by atoms with Crippen molar-refractivity contribution in [1.29, 1.82) is 0 Å². The maximum absolute atomic E-state index is 13.6. The van der Waals surface area contributed by atoms with Gasteiger partial charge in [-0.2, -0.15) is 5.10 Å². The minimum Gasteiger partial charge on any atom is -0.349 e. The third-order valence-electron chi connectivity index (χ3n) is 7.20. The minimum absolute atomic E-state index is 0.00674. The summed E-state index contributed by atoms with van der Waals surface area (Å²) in [6, 6.07) is 7.49. The fraction of sp³-hybridized carbons (Fsp3) is 0.480. The zero-order chi connectivity index (χ0) is 24.0. The van der Waals surface area contributed by atoms with Crippen LogP contribution in [0, 0.1) is 18.7 Å². The van der Waals surface area contributed by atoms with E-state index in [1.165, 1.54) is 18.6 Å². The standard InChI is InChI=1S/C25H29FN4O3S/c1-15-5-3-4-6-21(15)28-25(31)20-13-22(17-7-9-18(26)10-8-17)27-24-23(20)16(2)29-30(24)19-11-12-34(32,33)14-19/h7-10,13,15,19,21H,3-6,11-12,14H2,1-2H3,(H,28,31). The normalized spacial score (nSPS) is 24.4. The van der Waals surface area contributed by atoms with E-state index in [0.29, 0.717) is 45.9 Å². The quantitative estimate of drug-likeness (QED) is 0.599. The molecule has 1 amide bonds. The topological polar surface area (TPSA) is 93.9 Å². The molecule has 0 radical (unpaired) electrons. The second-order valence-corrected chi connectivity index (χ2v) is 11.9. The van der Waals surface area contributed by atoms with Crippen molar-refractivity contribution in [1.82, 2.24) is 20.1 Å². The van der Waals surface area contributed by atoms with Gasteiger partial charge in [0.15, 0.2) is 15.5 Å². The number of benzene rings is 1. The van der Waals surface area contributed by atoms with Crippen LogP contribution in [0.15, 0.2) is 30.3 Å². The van der Waals surface area contributed by atoms with Crippen LogP contribution in [0.5, 0.6) is 0 Å². The number of amides is 1. The summed E-state index contributed by atoms with van der Waals surface area (Å²) >= 11 is 0. The molecule has 3 heterocycles. The first-order valence-corrected chi connectivity index (χ1v) is 13.7. The lowest BCUT2D eigenvalue weighted by Gasteiger charge is -2.29. The van der Waals surface area contributed by atoms with Crippen LogP contribution in [0.25, 0.3) is 22.3 Å². The Morgan fingerprint density at radius 1 is 1.15 bits per heavy atom. The van der Waals surface area contributed by atoms with Gasteiger partial charge in [0.05, 0.1) is 39.9 Å². The van der Waals surface area contributed by atoms with E-state index in [2.05, 4.69) is 17.3 Å². The zero-order valence-electron chi connectivity index (χ0n) is 19.4. The fourth-order valence-electron chi connectivity index (χ4n) is 5.26. The molecule has 1 aromatic carbocycles. The molecule has 1 saturated carbocycles. The molecule has 0 bridgehead atoms. The van der Waals surface area contributed by atoms with Crippen molar-refractivity contribution in [3.63, 3.8) is 0 Å². The summed E-state index contributed by atoms with van der Waals surface area (Å²) in [6.07, 6.45) is 4.77. The highest BCUT2D eigenvalue weighted by Crippen LogP contribution is 2.33. The number of fused-ring (bicyclic) bond motifs is 1. The number of nitrogens with zero attached hydrogens (tertiary/aromatic N) is 3. The monoisotopic (exact) mass is 484 g/mol. The molecule has 3 unspecified atom stereocenters. The Balaban J connectivity index is 1.63. The summed E-state index contributed by atoms with van der Waals surface area (Å²) in [6.45, 7) is 3.99. The lowest BCUT2D eigenvalue weighted by Crippen LogP contribution is -2.41. The van der Waals surface area contributed by atoms with Crippen molar-refractivity contribution >= 4 is 26.8 Å². The van der Waals surface area contributed by atoms with E-state index in [0.717, 1.165) is 19.3 Å². The van der Waals surface area contributed by atoms with Gasteiger partial charge < -0.3 is 5.32 Å². The predicted molar refractivity (Wildman–Crippen MR) is 129 cm³/mol. The Morgan fingerprint density at radius 3 is 2.56 bits per heavy atom. The first-order valence-electron chi connectivity index (χ1n) is 11.9. The molecule has 0 spiro atoms. The molecule has 2 fully saturated rings. The maximum Gasteiger partial charge on any atom is 0.252 e. The number of hydrogen-bond donors (Lipinski definition) is 1. The number of carbonyl (C=O) groups is 1. The van der Waals surface area contributed by atoms with Crippen molar-refractivity contribution in [2.24, 2.45) is 5.92 Å². The Labute approximate surface area is 198 Å². The van der Waals surface area contributed by atoms with Crippen molar-refractivity contribution in [3.8, 4) is 11.3 Å². The van der Waals surface area contributed by atoms with Gasteiger partial charge in [0, 0.05) is 11.6 Å². The SMILES string of the molecule is Cc1nn(C2CCS(=O)(=O)C2)c2nc(-c3ccc(F)cc3)cc(C(=O)NC3CCCCC3C)c12. The number of sulfone groups is 1. The van der Waals surface area contributed by atoms with Gasteiger partial charge in [-0.1, -0.05) is 19.8 Å². The molecule has 1 N–H and O–H groups in total. The molecule has 1 aliphatic heterocycles. The molecule has 34 heavy (non-hydrogen) atoms. The van der Waals surface area contributed by atoms with Gasteiger partial charge in [-0.15, -0.1) is 0 Å². The largest absolute Gasteiger partial charge is 0.349 e. The second kappa shape index (κ2) is 8.76. The van der Waals surface area contributed by atoms with Crippen LogP contribution in [0.2, 0.25) is 0 Å². The molecular weight excluding hydrogens is 455 g/mol. The smallest absolute Gasteiger partial charge is 0.252 e. The van der Waals surface area contributed by atoms with Crippen molar-refractivity contribution < 1.29 is 17.6 Å². The second-order valence-electron chi connectivity index (χ2n) is 9.69. The van der Waals surface area contributed by atoms with E-state index in [1.807, 2.05) is 6.92 Å². The summed E-state index contributed by atoms with van der Waals surface area (Å²) in [7, 11) is -3.13. The highest BCUT2D eigenvalue weighted by atomic mass is 32.2. The molecule has 1 aliphatic carbocycles. The number of aryl methyl sites for hydroxylation is 1. The van der Waals surface area contributed by atoms with Gasteiger partial charge in [0.25, 0.3) is 5.91 Å². The van der Waals surface area contributed by atoms with Crippen LogP contribution in [0.4, 0.5) is 4.39 Å². The first-order chi connectivity index (χ1) is 16.2. The summed E-state index contributed by atoms with van der Waals surface area (Å²) in [4.78, 5) is 18.4. The van der Waals surface area contributed by atoms with Crippen LogP contribution in [-0.4, -0.2) is 46.6 Å². The lowest BCUT2D eigenvalue weighted by atomic mass is 9.86. The molecule has 2 aromatic heterocycles. The van der Waals surface area contributed by atoms with Crippen molar-refractivity contribution in [2.45, 2.75) is 58.0 Å². The van der Waals surface area contributed by atoms with Gasteiger partial charge in [-0.3, -0.25) is 4.79 Å². The third-order valence-corrected chi connectivity index (χ3v) is 8.95. The highest BCUT2D eigenvalue weighted by Gasteiger charge is 2.33. The van der Waals surface area contributed by atoms with Crippen molar-refractivity contribution in [3.05, 3.63) is 47.4 Å². The van der Waals surface area contributed by atoms with Gasteiger partial charge in [0.1, 0.15) is 5.82 Å². The number of pyridine rings is 1. The first kappa shape index (κ1) is 23.0. The summed E-state index contributed by atoms with van der Waals surface area (Å²) < 4.78 is 39.5. The highest BCUT2D eigenvalue weighted by molar-refractivity contribution is 7.91. The lowest BCUT2D eigenvalue weighted by molar-refractivity contribution is 0.0912. The Morgan fingerprint density at radius 2 is 1.88 bits per heavy atom. The number of aromatic nitrogens is 3. The van der Waals surface area contributed by atoms with E-state index in [-0.39, 0.29) is 35.3 Å². The number of halogens is 1. The molecular formula is C25H29FN4O3S. The van der Waals surface area contributed by atoms with Gasteiger partial charge in [0.2, 0.25) is 0 Å². The molecule has 180 valence electrons. The number of nitrogens with one attached hydrogen (secondary N) is 1. The molecule has 3 aromatic rings.